The number of carbonyl (C=O) groups excluding carboxylic acids is 2. The number of fused-ring (bicyclic) bond motifs is 4. The lowest BCUT2D eigenvalue weighted by molar-refractivity contribution is -0.168. The summed E-state index contributed by atoms with van der Waals surface area (Å²) in [5.41, 5.74) is 0.894. The average molecular weight is 521 g/mol. The molecule has 2 atom stereocenters. The Bertz CT molecular complexity index is 1320. The van der Waals surface area contributed by atoms with Crippen LogP contribution in [0, 0.1) is 5.92 Å². The Morgan fingerprint density at radius 2 is 2.14 bits per heavy atom. The highest BCUT2D eigenvalue weighted by Crippen LogP contribution is 2.42. The molecule has 2 amide bonds. The number of urea groups is 1. The average Bonchev–Trinajstić information content (AvgIpc) is 3.50. The van der Waals surface area contributed by atoms with Crippen LogP contribution in [0.4, 0.5) is 35.3 Å². The van der Waals surface area contributed by atoms with Crippen molar-refractivity contribution in [2.24, 2.45) is 5.92 Å². The van der Waals surface area contributed by atoms with E-state index in [1.54, 1.807) is 12.1 Å². The Balaban J connectivity index is 1.45. The first-order valence-corrected chi connectivity index (χ1v) is 11.5. The normalized spacial score (nSPS) is 17.6. The molecule has 0 saturated carbocycles. The van der Waals surface area contributed by atoms with E-state index in [2.05, 4.69) is 20.3 Å². The highest BCUT2D eigenvalue weighted by molar-refractivity contribution is 6.34. The summed E-state index contributed by atoms with van der Waals surface area (Å²) < 4.78 is 44.3. The van der Waals surface area contributed by atoms with Gasteiger partial charge < -0.3 is 9.32 Å². The van der Waals surface area contributed by atoms with Crippen LogP contribution in [0.3, 0.4) is 0 Å². The lowest BCUT2D eigenvalue weighted by atomic mass is 10.0. The number of oxazole rings is 1. The Morgan fingerprint density at radius 1 is 1.33 bits per heavy atom. The second-order valence-electron chi connectivity index (χ2n) is 8.72. The van der Waals surface area contributed by atoms with Crippen molar-refractivity contribution in [1.29, 1.82) is 0 Å². The fourth-order valence-electron chi connectivity index (χ4n) is 4.35. The molecule has 5 rings (SSSR count). The number of Topliss-reactive ketones (excluding diaryl/α,β-unsaturated/α-hetero) is 1. The quantitative estimate of drug-likeness (QED) is 0.462. The van der Waals surface area contributed by atoms with E-state index in [0.29, 0.717) is 36.5 Å². The van der Waals surface area contributed by atoms with Crippen LogP contribution in [0.25, 0.3) is 11.3 Å². The van der Waals surface area contributed by atoms with Gasteiger partial charge in [0.15, 0.2) is 23.8 Å². The monoisotopic (exact) mass is 520 g/mol. The molecule has 36 heavy (non-hydrogen) atoms. The summed E-state index contributed by atoms with van der Waals surface area (Å²) in [5.74, 6) is -1.79. The number of carbonyl (C=O) groups is 2. The van der Waals surface area contributed by atoms with Crippen molar-refractivity contribution in [2.45, 2.75) is 32.0 Å². The van der Waals surface area contributed by atoms with Crippen LogP contribution in [0.15, 0.2) is 41.4 Å². The third-order valence-electron chi connectivity index (χ3n) is 6.28. The standard InChI is InChI=1S/C23H20ClF3N6O3/c1-12(23(25,26)27)6-17(34)20-15(24)8-16-21(31-20)33(14-3-5-32(16)10-14)22(35)30-19-7-13(2-4-29-19)18-9-28-11-36-18/h2,4,7-9,11-12,14H,3,5-6,10H2,1H3,(H,29,30,35)/t12-,14-/m0/s1. The number of nitrogens with one attached hydrogen (secondary N) is 1. The van der Waals surface area contributed by atoms with Crippen LogP contribution in [0.2, 0.25) is 5.02 Å². The molecule has 2 bridgehead atoms. The maximum atomic E-state index is 13.4. The first kappa shape index (κ1) is 24.0. The van der Waals surface area contributed by atoms with Gasteiger partial charge in [0.2, 0.25) is 0 Å². The molecule has 0 aliphatic carbocycles. The molecule has 188 valence electrons. The van der Waals surface area contributed by atoms with Crippen LogP contribution >= 0.6 is 11.6 Å². The first-order chi connectivity index (χ1) is 17.1. The van der Waals surface area contributed by atoms with Crippen molar-refractivity contribution in [1.82, 2.24) is 15.0 Å². The van der Waals surface area contributed by atoms with E-state index in [0.717, 1.165) is 6.92 Å². The van der Waals surface area contributed by atoms with Gasteiger partial charge in [-0.2, -0.15) is 13.2 Å². The van der Waals surface area contributed by atoms with Gasteiger partial charge in [0.25, 0.3) is 0 Å². The number of ketones is 1. The number of hydrogen-bond donors (Lipinski definition) is 1. The van der Waals surface area contributed by atoms with Gasteiger partial charge in [0.05, 0.1) is 28.9 Å². The molecular weight excluding hydrogens is 501 g/mol. The predicted molar refractivity (Wildman–Crippen MR) is 125 cm³/mol. The molecular formula is C23H20ClF3N6O3. The molecule has 2 aliphatic rings. The number of hydrogen-bond acceptors (Lipinski definition) is 7. The number of aromatic nitrogens is 3. The third-order valence-corrected chi connectivity index (χ3v) is 6.57. The van der Waals surface area contributed by atoms with E-state index in [1.807, 2.05) is 4.90 Å². The number of halogens is 4. The van der Waals surface area contributed by atoms with Crippen LogP contribution in [-0.4, -0.2) is 52.1 Å². The lowest BCUT2D eigenvalue weighted by Gasteiger charge is -2.36. The number of rotatable bonds is 5. The van der Waals surface area contributed by atoms with Gasteiger partial charge in [-0.25, -0.2) is 19.7 Å². The van der Waals surface area contributed by atoms with E-state index >= 15 is 0 Å². The number of pyridine rings is 2. The highest BCUT2D eigenvalue weighted by Gasteiger charge is 2.42. The maximum Gasteiger partial charge on any atom is 0.391 e. The van der Waals surface area contributed by atoms with Crippen molar-refractivity contribution in [2.75, 3.05) is 28.2 Å². The summed E-state index contributed by atoms with van der Waals surface area (Å²) >= 11 is 6.28. The summed E-state index contributed by atoms with van der Waals surface area (Å²) in [6, 6.07) is 4.01. The molecule has 0 spiro atoms. The molecule has 3 aromatic rings. The summed E-state index contributed by atoms with van der Waals surface area (Å²) in [7, 11) is 0. The number of alkyl halides is 3. The molecule has 1 N–H and O–H groups in total. The van der Waals surface area contributed by atoms with E-state index in [-0.39, 0.29) is 28.4 Å². The topological polar surface area (TPSA) is 104 Å². The van der Waals surface area contributed by atoms with Crippen LogP contribution in [0.5, 0.6) is 0 Å². The molecule has 1 saturated heterocycles. The van der Waals surface area contributed by atoms with Gasteiger partial charge in [-0.1, -0.05) is 18.5 Å². The molecule has 2 aliphatic heterocycles. The summed E-state index contributed by atoms with van der Waals surface area (Å²) in [5, 5.41) is 2.69. The Labute approximate surface area is 208 Å². The van der Waals surface area contributed by atoms with Crippen LogP contribution < -0.4 is 15.1 Å². The van der Waals surface area contributed by atoms with Gasteiger partial charge in [0.1, 0.15) is 11.5 Å². The largest absolute Gasteiger partial charge is 0.444 e. The molecule has 0 aromatic carbocycles. The maximum absolute atomic E-state index is 13.4. The molecule has 5 heterocycles. The van der Waals surface area contributed by atoms with Gasteiger partial charge in [0, 0.05) is 31.3 Å². The van der Waals surface area contributed by atoms with Gasteiger partial charge in [-0.3, -0.25) is 15.0 Å². The summed E-state index contributed by atoms with van der Waals surface area (Å²) in [6.07, 6.45) is -0.365. The van der Waals surface area contributed by atoms with Crippen LogP contribution in [0.1, 0.15) is 30.3 Å². The zero-order valence-electron chi connectivity index (χ0n) is 18.9. The van der Waals surface area contributed by atoms with Crippen molar-refractivity contribution in [3.8, 4) is 11.3 Å². The minimum atomic E-state index is -4.53. The highest BCUT2D eigenvalue weighted by atomic mass is 35.5. The fraction of sp³-hybridized carbons (Fsp3) is 0.348. The minimum absolute atomic E-state index is 0.0553. The summed E-state index contributed by atoms with van der Waals surface area (Å²) in [6.45, 7) is 2.09. The molecule has 1 fully saturated rings. The number of amides is 2. The van der Waals surface area contributed by atoms with E-state index in [1.165, 1.54) is 29.8 Å². The number of nitrogens with zero attached hydrogens (tertiary/aromatic N) is 5. The molecule has 13 heteroatoms. The Hall–Kier alpha value is -3.67. The molecule has 0 unspecified atom stereocenters. The third kappa shape index (κ3) is 4.48. The zero-order valence-corrected chi connectivity index (χ0v) is 19.7. The summed E-state index contributed by atoms with van der Waals surface area (Å²) in [4.78, 5) is 41.9. The Kier molecular flexibility index (Phi) is 6.07. The van der Waals surface area contributed by atoms with E-state index in [9.17, 15) is 22.8 Å². The minimum Gasteiger partial charge on any atom is -0.444 e. The van der Waals surface area contributed by atoms with Crippen molar-refractivity contribution >= 4 is 40.7 Å². The van der Waals surface area contributed by atoms with Gasteiger partial charge in [-0.15, -0.1) is 0 Å². The molecule has 9 nitrogen and oxygen atoms in total. The van der Waals surface area contributed by atoms with Gasteiger partial charge >= 0.3 is 12.2 Å². The van der Waals surface area contributed by atoms with Crippen molar-refractivity contribution in [3.63, 3.8) is 0 Å². The first-order valence-electron chi connectivity index (χ1n) is 11.1. The second-order valence-corrected chi connectivity index (χ2v) is 9.12. The van der Waals surface area contributed by atoms with Gasteiger partial charge in [-0.05, 0) is 24.6 Å². The number of anilines is 3. The van der Waals surface area contributed by atoms with Crippen LogP contribution in [-0.2, 0) is 0 Å². The predicted octanol–water partition coefficient (Wildman–Crippen LogP) is 5.19. The zero-order chi connectivity index (χ0) is 25.6. The molecule has 3 aromatic heterocycles. The smallest absolute Gasteiger partial charge is 0.391 e. The second kappa shape index (κ2) is 9.08. The fourth-order valence-corrected chi connectivity index (χ4v) is 4.60. The van der Waals surface area contributed by atoms with E-state index in [4.69, 9.17) is 16.0 Å². The van der Waals surface area contributed by atoms with E-state index < -0.39 is 30.3 Å². The Morgan fingerprint density at radius 3 is 2.86 bits per heavy atom. The SMILES string of the molecule is C[C@@H](CC(=O)c1nc2c(cc1Cl)N1CC[C@@H](C1)N2C(=O)Nc1cc(-c2cnco2)ccn1)C(F)(F)F. The lowest BCUT2D eigenvalue weighted by Crippen LogP contribution is -2.48. The van der Waals surface area contributed by atoms with Crippen molar-refractivity contribution < 1.29 is 27.2 Å². The van der Waals surface area contributed by atoms with Crippen molar-refractivity contribution in [3.05, 3.63) is 47.7 Å². The molecule has 0 radical (unpaired) electrons.